The maximum Gasteiger partial charge on any atom is 0.227 e. The third kappa shape index (κ3) is 3.39. The van der Waals surface area contributed by atoms with E-state index in [4.69, 9.17) is 5.73 Å². The van der Waals surface area contributed by atoms with Crippen molar-refractivity contribution in [3.05, 3.63) is 48.0 Å². The summed E-state index contributed by atoms with van der Waals surface area (Å²) in [5, 5.41) is 7.13. The second kappa shape index (κ2) is 6.84. The standard InChI is InChI=1S/C20H21FN8/c1-29(7-5-11-2-3-15-16(25-11)4-6-23-15)20-24-10-13(19(22)26-20)18-9-17(27-28-18)12-8-14(12)21/h2-4,6,9-10,12,14,23H,5,7-8H2,1H3,(H,27,28)(H2,22,24,26)/t12-,14-/m0/s1. The Bertz CT molecular complexity index is 1170. The van der Waals surface area contributed by atoms with Gasteiger partial charge in [0, 0.05) is 49.7 Å². The number of nitrogens with one attached hydrogen (secondary N) is 2. The highest BCUT2D eigenvalue weighted by atomic mass is 19.1. The molecule has 1 saturated carbocycles. The van der Waals surface area contributed by atoms with Crippen molar-refractivity contribution < 1.29 is 4.39 Å². The summed E-state index contributed by atoms with van der Waals surface area (Å²) in [5.74, 6) is 0.804. The van der Waals surface area contributed by atoms with E-state index in [9.17, 15) is 4.39 Å². The lowest BCUT2D eigenvalue weighted by molar-refractivity contribution is 0.466. The van der Waals surface area contributed by atoms with Gasteiger partial charge in [0.05, 0.1) is 22.3 Å². The molecule has 2 atom stereocenters. The van der Waals surface area contributed by atoms with Gasteiger partial charge in [-0.1, -0.05) is 0 Å². The minimum atomic E-state index is -0.777. The molecular formula is C20H21FN8. The predicted octanol–water partition coefficient (Wildman–Crippen LogP) is 2.83. The van der Waals surface area contributed by atoms with Crippen LogP contribution in [0.2, 0.25) is 0 Å². The zero-order valence-electron chi connectivity index (χ0n) is 15.9. The number of H-pyrrole nitrogens is 2. The van der Waals surface area contributed by atoms with E-state index >= 15 is 0 Å². The second-order valence-electron chi connectivity index (χ2n) is 7.42. The Kier molecular flexibility index (Phi) is 4.15. The van der Waals surface area contributed by atoms with Crippen LogP contribution < -0.4 is 10.6 Å². The fourth-order valence-electron chi connectivity index (χ4n) is 3.41. The summed E-state index contributed by atoms with van der Waals surface area (Å²) in [7, 11) is 1.92. The number of likely N-dealkylation sites (N-methyl/N-ethyl adjacent to an activating group) is 1. The lowest BCUT2D eigenvalue weighted by Crippen LogP contribution is -2.23. The number of nitrogens with two attached hydrogens (primary N) is 1. The number of nitrogens with zero attached hydrogens (tertiary/aromatic N) is 5. The van der Waals surface area contributed by atoms with Gasteiger partial charge in [0.25, 0.3) is 0 Å². The first-order chi connectivity index (χ1) is 14.1. The highest BCUT2D eigenvalue weighted by Gasteiger charge is 2.40. The van der Waals surface area contributed by atoms with Crippen molar-refractivity contribution in [2.45, 2.75) is 24.9 Å². The largest absolute Gasteiger partial charge is 0.383 e. The van der Waals surface area contributed by atoms with Gasteiger partial charge in [-0.05, 0) is 30.7 Å². The minimum Gasteiger partial charge on any atom is -0.383 e. The van der Waals surface area contributed by atoms with Crippen molar-refractivity contribution in [3.8, 4) is 11.3 Å². The van der Waals surface area contributed by atoms with Gasteiger partial charge >= 0.3 is 0 Å². The van der Waals surface area contributed by atoms with E-state index in [1.165, 1.54) is 0 Å². The zero-order chi connectivity index (χ0) is 20.0. The first-order valence-electron chi connectivity index (χ1n) is 9.55. The van der Waals surface area contributed by atoms with Crippen LogP contribution in [0.25, 0.3) is 22.3 Å². The van der Waals surface area contributed by atoms with Crippen LogP contribution in [0, 0.1) is 0 Å². The Morgan fingerprint density at radius 3 is 2.93 bits per heavy atom. The number of rotatable bonds is 6. The molecule has 0 aromatic carbocycles. The number of hydrogen-bond donors (Lipinski definition) is 3. The SMILES string of the molecule is CN(CCc1ccc2[nH]ccc2n1)c1ncc(-c2cc([C@H]3C[C@@H]3F)[nH]n2)c(N)n1. The van der Waals surface area contributed by atoms with Crippen LogP contribution in [0.1, 0.15) is 23.7 Å². The number of hydrogen-bond acceptors (Lipinski definition) is 6. The fourth-order valence-corrected chi connectivity index (χ4v) is 3.41. The van der Waals surface area contributed by atoms with Crippen molar-refractivity contribution in [1.82, 2.24) is 30.1 Å². The van der Waals surface area contributed by atoms with Gasteiger partial charge < -0.3 is 15.6 Å². The third-order valence-corrected chi connectivity index (χ3v) is 5.30. The predicted molar refractivity (Wildman–Crippen MR) is 109 cm³/mol. The number of halogens is 1. The van der Waals surface area contributed by atoms with Crippen LogP contribution >= 0.6 is 0 Å². The van der Waals surface area contributed by atoms with E-state index in [0.717, 1.165) is 28.8 Å². The molecule has 0 radical (unpaired) electrons. The molecule has 9 heteroatoms. The minimum absolute atomic E-state index is 0.0807. The summed E-state index contributed by atoms with van der Waals surface area (Å²) in [6, 6.07) is 7.84. The maximum absolute atomic E-state index is 13.2. The number of nitrogen functional groups attached to an aromatic ring is 1. The number of anilines is 2. The Hall–Kier alpha value is -3.49. The smallest absolute Gasteiger partial charge is 0.227 e. The highest BCUT2D eigenvalue weighted by Crippen LogP contribution is 2.43. The quantitative estimate of drug-likeness (QED) is 0.465. The second-order valence-corrected chi connectivity index (χ2v) is 7.42. The number of aromatic amines is 2. The Morgan fingerprint density at radius 1 is 1.28 bits per heavy atom. The molecule has 29 heavy (non-hydrogen) atoms. The van der Waals surface area contributed by atoms with Crippen LogP contribution in [0.15, 0.2) is 36.7 Å². The zero-order valence-corrected chi connectivity index (χ0v) is 15.9. The lowest BCUT2D eigenvalue weighted by atomic mass is 10.2. The molecule has 0 aliphatic heterocycles. The average Bonchev–Trinajstić information content (AvgIpc) is 3.12. The van der Waals surface area contributed by atoms with Gasteiger partial charge in [-0.15, -0.1) is 0 Å². The average molecular weight is 392 g/mol. The fraction of sp³-hybridized carbons (Fsp3) is 0.300. The molecule has 4 aromatic rings. The van der Waals surface area contributed by atoms with Gasteiger partial charge in [-0.2, -0.15) is 10.1 Å². The van der Waals surface area contributed by atoms with Crippen LogP contribution in [-0.4, -0.2) is 49.9 Å². The molecule has 1 aliphatic rings. The molecule has 0 spiro atoms. The van der Waals surface area contributed by atoms with Gasteiger partial charge in [-0.25, -0.2) is 9.37 Å². The lowest BCUT2D eigenvalue weighted by Gasteiger charge is -2.17. The molecule has 5 rings (SSSR count). The van der Waals surface area contributed by atoms with Crippen LogP contribution in [0.4, 0.5) is 16.2 Å². The summed E-state index contributed by atoms with van der Waals surface area (Å²) in [6.45, 7) is 0.702. The molecule has 4 aromatic heterocycles. The van der Waals surface area contributed by atoms with E-state index in [2.05, 4.69) is 30.1 Å². The summed E-state index contributed by atoms with van der Waals surface area (Å²) in [6.07, 6.45) is 4.08. The van der Waals surface area contributed by atoms with Crippen molar-refractivity contribution in [2.75, 3.05) is 24.2 Å². The molecule has 0 amide bonds. The van der Waals surface area contributed by atoms with E-state index < -0.39 is 6.17 Å². The number of aromatic nitrogens is 6. The number of alkyl halides is 1. The number of fused-ring (bicyclic) bond motifs is 1. The molecule has 8 nitrogen and oxygen atoms in total. The summed E-state index contributed by atoms with van der Waals surface area (Å²) < 4.78 is 13.2. The molecule has 1 aliphatic carbocycles. The summed E-state index contributed by atoms with van der Waals surface area (Å²) in [5.41, 5.74) is 11.2. The van der Waals surface area contributed by atoms with Crippen molar-refractivity contribution in [3.63, 3.8) is 0 Å². The molecule has 0 unspecified atom stereocenters. The molecule has 1 fully saturated rings. The van der Waals surface area contributed by atoms with E-state index in [1.807, 2.05) is 42.4 Å². The highest BCUT2D eigenvalue weighted by molar-refractivity contribution is 5.74. The van der Waals surface area contributed by atoms with Gasteiger partial charge in [0.1, 0.15) is 12.0 Å². The van der Waals surface area contributed by atoms with E-state index in [-0.39, 0.29) is 5.92 Å². The summed E-state index contributed by atoms with van der Waals surface area (Å²) in [4.78, 5) is 18.6. The first-order valence-corrected chi connectivity index (χ1v) is 9.55. The first kappa shape index (κ1) is 17.6. The molecular weight excluding hydrogens is 371 g/mol. The molecule has 4 heterocycles. The van der Waals surface area contributed by atoms with Gasteiger partial charge in [-0.3, -0.25) is 10.1 Å². The molecule has 0 saturated heterocycles. The topological polar surface area (TPSA) is 112 Å². The molecule has 4 N–H and O–H groups in total. The van der Waals surface area contributed by atoms with Crippen molar-refractivity contribution >= 4 is 22.8 Å². The number of pyridine rings is 1. The van der Waals surface area contributed by atoms with Crippen LogP contribution in [0.3, 0.4) is 0 Å². The van der Waals surface area contributed by atoms with Crippen molar-refractivity contribution in [1.29, 1.82) is 0 Å². The van der Waals surface area contributed by atoms with E-state index in [1.54, 1.807) is 6.20 Å². The van der Waals surface area contributed by atoms with E-state index in [0.29, 0.717) is 36.0 Å². The maximum atomic E-state index is 13.2. The Balaban J connectivity index is 1.28. The molecule has 0 bridgehead atoms. The van der Waals surface area contributed by atoms with Crippen LogP contribution in [0.5, 0.6) is 0 Å². The van der Waals surface area contributed by atoms with Gasteiger partial charge in [0.15, 0.2) is 0 Å². The monoisotopic (exact) mass is 392 g/mol. The summed E-state index contributed by atoms with van der Waals surface area (Å²) >= 11 is 0. The van der Waals surface area contributed by atoms with Crippen molar-refractivity contribution in [2.24, 2.45) is 0 Å². The Morgan fingerprint density at radius 2 is 2.14 bits per heavy atom. The normalized spacial score (nSPS) is 18.3. The Labute approximate surface area is 166 Å². The molecule has 148 valence electrons. The third-order valence-electron chi connectivity index (χ3n) is 5.30. The van der Waals surface area contributed by atoms with Gasteiger partial charge in [0.2, 0.25) is 5.95 Å². The van der Waals surface area contributed by atoms with Crippen LogP contribution in [-0.2, 0) is 6.42 Å².